The summed E-state index contributed by atoms with van der Waals surface area (Å²) in [5.41, 5.74) is 16.0. The van der Waals surface area contributed by atoms with Crippen LogP contribution in [0, 0.1) is 5.92 Å². The van der Waals surface area contributed by atoms with Gasteiger partial charge in [-0.15, -0.1) is 0 Å². The smallest absolute Gasteiger partial charge is 0.326 e. The normalized spacial score (nSPS) is 15.1. The van der Waals surface area contributed by atoms with Crippen molar-refractivity contribution in [1.29, 1.82) is 0 Å². The summed E-state index contributed by atoms with van der Waals surface area (Å²) in [5.74, 6) is -5.56. The predicted molar refractivity (Wildman–Crippen MR) is 125 cm³/mol. The summed E-state index contributed by atoms with van der Waals surface area (Å²) in [4.78, 5) is 63.8. The van der Waals surface area contributed by atoms with Gasteiger partial charge >= 0.3 is 11.9 Å². The van der Waals surface area contributed by atoms with Crippen molar-refractivity contribution in [2.24, 2.45) is 28.1 Å². The summed E-state index contributed by atoms with van der Waals surface area (Å²) in [6.45, 7) is 4.89. The van der Waals surface area contributed by atoms with Crippen LogP contribution in [0.5, 0.6) is 0 Å². The van der Waals surface area contributed by atoms with Crippen LogP contribution >= 0.6 is 0 Å². The number of carboxylic acid groups (broad SMARTS) is 2. The number of nitrogens with two attached hydrogens (primary N) is 3. The molecule has 15 heteroatoms. The Morgan fingerprint density at radius 1 is 0.886 bits per heavy atom. The molecular weight excluding hydrogens is 466 g/mol. The van der Waals surface area contributed by atoms with Crippen molar-refractivity contribution in [3.05, 3.63) is 0 Å². The van der Waals surface area contributed by atoms with E-state index in [9.17, 15) is 34.2 Å². The van der Waals surface area contributed by atoms with E-state index in [2.05, 4.69) is 20.9 Å². The third-order valence-electron chi connectivity index (χ3n) is 4.69. The largest absolute Gasteiger partial charge is 0.481 e. The second kappa shape index (κ2) is 15.4. The molecular formula is C20H37N7O8. The predicted octanol–water partition coefficient (Wildman–Crippen LogP) is -3.19. The zero-order valence-corrected chi connectivity index (χ0v) is 20.1. The molecule has 0 aliphatic heterocycles. The maximum atomic E-state index is 12.8. The van der Waals surface area contributed by atoms with Crippen molar-refractivity contribution in [2.75, 3.05) is 6.54 Å². The molecule has 0 radical (unpaired) electrons. The topological polar surface area (TPSA) is 273 Å². The van der Waals surface area contributed by atoms with Gasteiger partial charge in [0.15, 0.2) is 5.96 Å². The number of guanidine groups is 1. The number of nitrogens with one attached hydrogen (secondary N) is 3. The Balaban J connectivity index is 5.38. The fraction of sp³-hybridized carbons (Fsp3) is 0.700. The third-order valence-corrected chi connectivity index (χ3v) is 4.69. The fourth-order valence-corrected chi connectivity index (χ4v) is 2.94. The molecule has 0 spiro atoms. The minimum atomic E-state index is -1.54. The Labute approximate surface area is 202 Å². The summed E-state index contributed by atoms with van der Waals surface area (Å²) in [6.07, 6.45) is -1.74. The molecule has 0 aromatic rings. The van der Waals surface area contributed by atoms with Crippen molar-refractivity contribution in [1.82, 2.24) is 16.0 Å². The van der Waals surface area contributed by atoms with E-state index < -0.39 is 66.4 Å². The molecule has 12 N–H and O–H groups in total. The Bertz CT molecular complexity index is 783. The van der Waals surface area contributed by atoms with Crippen LogP contribution in [0.4, 0.5) is 0 Å². The van der Waals surface area contributed by atoms with Gasteiger partial charge in [0.2, 0.25) is 17.7 Å². The number of aliphatic hydroxyl groups is 1. The van der Waals surface area contributed by atoms with Crippen LogP contribution in [0.15, 0.2) is 4.99 Å². The van der Waals surface area contributed by atoms with Gasteiger partial charge in [0.05, 0.1) is 18.6 Å². The molecule has 5 unspecified atom stereocenters. The van der Waals surface area contributed by atoms with E-state index in [-0.39, 0.29) is 37.7 Å². The lowest BCUT2D eigenvalue weighted by atomic mass is 10.0. The van der Waals surface area contributed by atoms with Gasteiger partial charge in [-0.1, -0.05) is 13.8 Å². The molecule has 0 heterocycles. The molecule has 200 valence electrons. The van der Waals surface area contributed by atoms with Gasteiger partial charge in [-0.05, 0) is 32.1 Å². The van der Waals surface area contributed by atoms with Gasteiger partial charge in [-0.25, -0.2) is 4.79 Å². The molecule has 0 rings (SSSR count). The first-order valence-corrected chi connectivity index (χ1v) is 11.0. The van der Waals surface area contributed by atoms with Crippen molar-refractivity contribution < 1.29 is 39.3 Å². The Morgan fingerprint density at radius 3 is 1.91 bits per heavy atom. The minimum absolute atomic E-state index is 0.0220. The molecule has 0 bridgehead atoms. The van der Waals surface area contributed by atoms with E-state index in [1.54, 1.807) is 13.8 Å². The molecule has 0 saturated carbocycles. The van der Waals surface area contributed by atoms with Crippen LogP contribution in [-0.2, 0) is 24.0 Å². The van der Waals surface area contributed by atoms with Gasteiger partial charge in [0.25, 0.3) is 0 Å². The molecule has 0 saturated heterocycles. The molecule has 0 aliphatic carbocycles. The number of amides is 3. The number of aliphatic carboxylic acids is 2. The number of nitrogens with zero attached hydrogens (tertiary/aromatic N) is 1. The number of hydrogen-bond donors (Lipinski definition) is 9. The second-order valence-corrected chi connectivity index (χ2v) is 8.47. The zero-order chi connectivity index (χ0) is 27.3. The van der Waals surface area contributed by atoms with Crippen LogP contribution in [-0.4, -0.2) is 87.8 Å². The standard InChI is InChI=1S/C20H37N7O8/c1-9(2)7-13(26-16(31)11(21)8-14(29)30)17(32)27-15(10(3)28)18(33)25-12(19(34)35)5-4-6-24-20(22)23/h9-13,15,28H,4-8,21H2,1-3H3,(H,25,33)(H,26,31)(H,27,32)(H,29,30)(H,34,35)(H4,22,23,24). The monoisotopic (exact) mass is 503 g/mol. The quantitative estimate of drug-likeness (QED) is 0.0574. The second-order valence-electron chi connectivity index (χ2n) is 8.47. The molecule has 0 aromatic carbocycles. The zero-order valence-electron chi connectivity index (χ0n) is 20.1. The maximum absolute atomic E-state index is 12.8. The Morgan fingerprint density at radius 2 is 1.46 bits per heavy atom. The van der Waals surface area contributed by atoms with Crippen molar-refractivity contribution in [3.8, 4) is 0 Å². The number of carbonyl (C=O) groups is 5. The highest BCUT2D eigenvalue weighted by molar-refractivity contribution is 5.95. The average molecular weight is 504 g/mol. The Kier molecular flexibility index (Phi) is 13.9. The number of aliphatic hydroxyl groups excluding tert-OH is 1. The average Bonchev–Trinajstić information content (AvgIpc) is 2.71. The fourth-order valence-electron chi connectivity index (χ4n) is 2.94. The lowest BCUT2D eigenvalue weighted by Gasteiger charge is -2.27. The van der Waals surface area contributed by atoms with Gasteiger partial charge in [-0.3, -0.25) is 24.2 Å². The highest BCUT2D eigenvalue weighted by atomic mass is 16.4. The molecule has 5 atom stereocenters. The van der Waals surface area contributed by atoms with Crippen LogP contribution in [0.1, 0.15) is 46.5 Å². The van der Waals surface area contributed by atoms with E-state index in [4.69, 9.17) is 22.3 Å². The first-order chi connectivity index (χ1) is 16.1. The van der Waals surface area contributed by atoms with E-state index in [0.717, 1.165) is 0 Å². The van der Waals surface area contributed by atoms with Gasteiger partial charge in [0, 0.05) is 6.54 Å². The number of hydrogen-bond acceptors (Lipinski definition) is 8. The van der Waals surface area contributed by atoms with E-state index in [1.807, 2.05) is 0 Å². The SMILES string of the molecule is CC(C)CC(NC(=O)C(N)CC(=O)O)C(=O)NC(C(=O)NC(CCCN=C(N)N)C(=O)O)C(C)O. The summed E-state index contributed by atoms with van der Waals surface area (Å²) in [6, 6.07) is -5.47. The van der Waals surface area contributed by atoms with Crippen LogP contribution in [0.2, 0.25) is 0 Å². The summed E-state index contributed by atoms with van der Waals surface area (Å²) in [5, 5.41) is 35.2. The van der Waals surface area contributed by atoms with Crippen molar-refractivity contribution >= 4 is 35.6 Å². The number of rotatable bonds is 16. The van der Waals surface area contributed by atoms with Crippen molar-refractivity contribution in [2.45, 2.75) is 76.7 Å². The summed E-state index contributed by atoms with van der Waals surface area (Å²) < 4.78 is 0. The lowest BCUT2D eigenvalue weighted by molar-refractivity contribution is -0.143. The third kappa shape index (κ3) is 13.1. The highest BCUT2D eigenvalue weighted by Crippen LogP contribution is 2.08. The molecule has 0 aliphatic rings. The number of aliphatic imine (C=N–C) groups is 1. The van der Waals surface area contributed by atoms with Crippen molar-refractivity contribution in [3.63, 3.8) is 0 Å². The summed E-state index contributed by atoms with van der Waals surface area (Å²) >= 11 is 0. The lowest BCUT2D eigenvalue weighted by Crippen LogP contribution is -2.60. The van der Waals surface area contributed by atoms with E-state index >= 15 is 0 Å². The minimum Gasteiger partial charge on any atom is -0.481 e. The van der Waals surface area contributed by atoms with Gasteiger partial charge in [0.1, 0.15) is 18.1 Å². The molecule has 0 fully saturated rings. The summed E-state index contributed by atoms with van der Waals surface area (Å²) in [7, 11) is 0. The molecule has 15 nitrogen and oxygen atoms in total. The first-order valence-electron chi connectivity index (χ1n) is 11.0. The number of carbonyl (C=O) groups excluding carboxylic acids is 3. The molecule has 0 aromatic heterocycles. The Hall–Kier alpha value is -3.46. The first kappa shape index (κ1) is 31.5. The number of carboxylic acids is 2. The maximum Gasteiger partial charge on any atom is 0.326 e. The highest BCUT2D eigenvalue weighted by Gasteiger charge is 2.33. The van der Waals surface area contributed by atoms with Gasteiger partial charge < -0.3 is 48.5 Å². The van der Waals surface area contributed by atoms with E-state index in [0.29, 0.717) is 0 Å². The molecule has 35 heavy (non-hydrogen) atoms. The van der Waals surface area contributed by atoms with Gasteiger partial charge in [-0.2, -0.15) is 0 Å². The van der Waals surface area contributed by atoms with Crippen LogP contribution < -0.4 is 33.2 Å². The van der Waals surface area contributed by atoms with E-state index in [1.165, 1.54) is 6.92 Å². The van der Waals surface area contributed by atoms with Crippen LogP contribution in [0.25, 0.3) is 0 Å². The van der Waals surface area contributed by atoms with Crippen LogP contribution in [0.3, 0.4) is 0 Å². The molecule has 3 amide bonds.